The molecule has 0 atom stereocenters. The fraction of sp³-hybridized carbons (Fsp3) is 0.118. The maximum absolute atomic E-state index is 13.2. The molecule has 0 bridgehead atoms. The molecule has 0 aliphatic rings. The molecule has 3 rings (SSSR count). The number of H-pyrrole nitrogens is 1. The Balaban J connectivity index is 1.72. The van der Waals surface area contributed by atoms with Crippen molar-refractivity contribution in [1.82, 2.24) is 20.3 Å². The van der Waals surface area contributed by atoms with Crippen molar-refractivity contribution < 1.29 is 13.6 Å². The number of anilines is 1. The second-order valence-electron chi connectivity index (χ2n) is 5.49. The molecule has 0 saturated carbocycles. The highest BCUT2D eigenvalue weighted by Gasteiger charge is 2.12. The minimum absolute atomic E-state index is 0.0733. The molecular weight excluding hydrogens is 328 g/mol. The van der Waals surface area contributed by atoms with Crippen LogP contribution in [0.15, 0.2) is 36.7 Å². The van der Waals surface area contributed by atoms with E-state index in [-0.39, 0.29) is 18.4 Å². The molecule has 25 heavy (non-hydrogen) atoms. The van der Waals surface area contributed by atoms with Gasteiger partial charge in [-0.1, -0.05) is 6.07 Å². The maximum atomic E-state index is 13.2. The molecule has 0 aliphatic heterocycles. The summed E-state index contributed by atoms with van der Waals surface area (Å²) < 4.78 is 26.1. The first kappa shape index (κ1) is 16.6. The molecule has 4 N–H and O–H groups in total. The predicted molar refractivity (Wildman–Crippen MR) is 88.5 cm³/mol. The second-order valence-corrected chi connectivity index (χ2v) is 5.49. The highest BCUT2D eigenvalue weighted by atomic mass is 19.2. The number of nitrogens with two attached hydrogens (primary N) is 1. The van der Waals surface area contributed by atoms with Crippen LogP contribution in [0.25, 0.3) is 11.3 Å². The lowest BCUT2D eigenvalue weighted by molar-refractivity contribution is 0.0946. The molecule has 2 heterocycles. The van der Waals surface area contributed by atoms with Crippen LogP contribution in [0.2, 0.25) is 0 Å². The average Bonchev–Trinajstić information content (AvgIpc) is 3.08. The van der Waals surface area contributed by atoms with Crippen molar-refractivity contribution >= 4 is 11.9 Å². The van der Waals surface area contributed by atoms with Crippen LogP contribution < -0.4 is 11.1 Å². The highest BCUT2D eigenvalue weighted by molar-refractivity contribution is 5.93. The van der Waals surface area contributed by atoms with Gasteiger partial charge in [0.25, 0.3) is 5.91 Å². The third-order valence-electron chi connectivity index (χ3n) is 3.63. The Bertz CT molecular complexity index is 939. The molecule has 128 valence electrons. The van der Waals surface area contributed by atoms with E-state index in [9.17, 15) is 13.6 Å². The van der Waals surface area contributed by atoms with Gasteiger partial charge < -0.3 is 16.0 Å². The summed E-state index contributed by atoms with van der Waals surface area (Å²) in [4.78, 5) is 23.1. The summed E-state index contributed by atoms with van der Waals surface area (Å²) in [5, 5.41) is 2.64. The summed E-state index contributed by atoms with van der Waals surface area (Å²) >= 11 is 0. The molecule has 1 aromatic carbocycles. The number of amides is 1. The van der Waals surface area contributed by atoms with Crippen LogP contribution in [0.3, 0.4) is 0 Å². The molecular formula is C17H15F2N5O. The van der Waals surface area contributed by atoms with Crippen LogP contribution in [0.4, 0.5) is 14.7 Å². The number of rotatable bonds is 4. The van der Waals surface area contributed by atoms with Crippen LogP contribution in [0.1, 0.15) is 21.6 Å². The van der Waals surface area contributed by atoms with Crippen molar-refractivity contribution in [3.8, 4) is 11.3 Å². The first-order valence-corrected chi connectivity index (χ1v) is 7.44. The van der Waals surface area contributed by atoms with Crippen LogP contribution in [0.5, 0.6) is 0 Å². The number of carbonyl (C=O) groups excluding carboxylic acids is 1. The molecule has 0 unspecified atom stereocenters. The van der Waals surface area contributed by atoms with Crippen molar-refractivity contribution in [2.45, 2.75) is 13.5 Å². The quantitative estimate of drug-likeness (QED) is 0.678. The zero-order chi connectivity index (χ0) is 18.0. The van der Waals surface area contributed by atoms with Crippen molar-refractivity contribution in [2.75, 3.05) is 5.73 Å². The van der Waals surface area contributed by atoms with Crippen molar-refractivity contribution in [3.63, 3.8) is 0 Å². The van der Waals surface area contributed by atoms with E-state index in [1.165, 1.54) is 6.07 Å². The number of aromatic amines is 1. The van der Waals surface area contributed by atoms with E-state index >= 15 is 0 Å². The Morgan fingerprint density at radius 2 is 2.08 bits per heavy atom. The van der Waals surface area contributed by atoms with Crippen molar-refractivity contribution in [3.05, 3.63) is 65.1 Å². The lowest BCUT2D eigenvalue weighted by Gasteiger charge is -2.04. The van der Waals surface area contributed by atoms with Crippen LogP contribution >= 0.6 is 0 Å². The van der Waals surface area contributed by atoms with Crippen molar-refractivity contribution in [2.24, 2.45) is 0 Å². The summed E-state index contributed by atoms with van der Waals surface area (Å²) in [6.45, 7) is 1.91. The Morgan fingerprint density at radius 3 is 2.84 bits per heavy atom. The Kier molecular flexibility index (Phi) is 4.42. The predicted octanol–water partition coefficient (Wildman–Crippen LogP) is 2.57. The van der Waals surface area contributed by atoms with Gasteiger partial charge in [0.05, 0.1) is 5.69 Å². The van der Waals surface area contributed by atoms with Gasteiger partial charge in [0.2, 0.25) is 5.95 Å². The summed E-state index contributed by atoms with van der Waals surface area (Å²) in [6, 6.07) is 5.11. The molecule has 0 spiro atoms. The van der Waals surface area contributed by atoms with Gasteiger partial charge in [0.1, 0.15) is 5.69 Å². The Hall–Kier alpha value is -3.29. The maximum Gasteiger partial charge on any atom is 0.267 e. The van der Waals surface area contributed by atoms with E-state index in [0.29, 0.717) is 22.5 Å². The topological polar surface area (TPSA) is 96.7 Å². The molecule has 0 aliphatic carbocycles. The number of hydrogen-bond acceptors (Lipinski definition) is 4. The number of nitrogens with zero attached hydrogens (tertiary/aromatic N) is 2. The fourth-order valence-corrected chi connectivity index (χ4v) is 2.34. The zero-order valence-electron chi connectivity index (χ0n) is 13.3. The zero-order valence-corrected chi connectivity index (χ0v) is 13.3. The van der Waals surface area contributed by atoms with E-state index in [4.69, 9.17) is 5.73 Å². The summed E-state index contributed by atoms with van der Waals surface area (Å²) in [7, 11) is 0. The van der Waals surface area contributed by atoms with E-state index in [1.54, 1.807) is 18.5 Å². The third-order valence-corrected chi connectivity index (χ3v) is 3.63. The van der Waals surface area contributed by atoms with Crippen LogP contribution in [-0.2, 0) is 6.54 Å². The number of nitrogens with one attached hydrogen (secondary N) is 2. The lowest BCUT2D eigenvalue weighted by atomic mass is 10.1. The standard InChI is InChI=1S/C17H15F2N5O/c1-9-6-23-17(20)24-15(9)11-5-14(21-8-11)16(25)22-7-10-2-3-12(18)13(19)4-10/h2-6,8,21H,7H2,1H3,(H,22,25)(H2,20,23,24). The lowest BCUT2D eigenvalue weighted by Crippen LogP contribution is -2.23. The third kappa shape index (κ3) is 3.63. The molecule has 1 amide bonds. The first-order valence-electron chi connectivity index (χ1n) is 7.44. The molecule has 0 fully saturated rings. The fourth-order valence-electron chi connectivity index (χ4n) is 2.34. The van der Waals surface area contributed by atoms with Gasteiger partial charge >= 0.3 is 0 Å². The SMILES string of the molecule is Cc1cnc(N)nc1-c1c[nH]c(C(=O)NCc2ccc(F)c(F)c2)c1. The van der Waals surface area contributed by atoms with E-state index in [0.717, 1.165) is 17.7 Å². The monoisotopic (exact) mass is 343 g/mol. The van der Waals surface area contributed by atoms with Gasteiger partial charge in [-0.15, -0.1) is 0 Å². The van der Waals surface area contributed by atoms with Crippen LogP contribution in [-0.4, -0.2) is 20.9 Å². The number of carbonyl (C=O) groups is 1. The number of hydrogen-bond donors (Lipinski definition) is 3. The molecule has 3 aromatic rings. The number of aryl methyl sites for hydroxylation is 1. The Labute approximate surface area is 142 Å². The van der Waals surface area contributed by atoms with E-state index < -0.39 is 11.6 Å². The molecule has 8 heteroatoms. The highest BCUT2D eigenvalue weighted by Crippen LogP contribution is 2.22. The van der Waals surface area contributed by atoms with E-state index in [2.05, 4.69) is 20.3 Å². The van der Waals surface area contributed by atoms with Gasteiger partial charge in [-0.2, -0.15) is 0 Å². The first-order chi connectivity index (χ1) is 11.9. The summed E-state index contributed by atoms with van der Waals surface area (Å²) in [6.07, 6.45) is 3.24. The van der Waals surface area contributed by atoms with Crippen molar-refractivity contribution in [1.29, 1.82) is 0 Å². The molecule has 0 radical (unpaired) electrons. The molecule has 0 saturated heterocycles. The van der Waals surface area contributed by atoms with Gasteiger partial charge in [-0.3, -0.25) is 4.79 Å². The molecule has 2 aromatic heterocycles. The summed E-state index contributed by atoms with van der Waals surface area (Å²) in [5.74, 6) is -2.11. The number of halogens is 2. The number of benzene rings is 1. The largest absolute Gasteiger partial charge is 0.368 e. The normalized spacial score (nSPS) is 10.7. The van der Waals surface area contributed by atoms with Gasteiger partial charge in [-0.05, 0) is 36.2 Å². The minimum atomic E-state index is -0.953. The summed E-state index contributed by atoms with van der Waals surface area (Å²) in [5.41, 5.74) is 8.52. The minimum Gasteiger partial charge on any atom is -0.368 e. The number of aromatic nitrogens is 3. The molecule has 6 nitrogen and oxygen atoms in total. The van der Waals surface area contributed by atoms with E-state index in [1.807, 2.05) is 6.92 Å². The van der Waals surface area contributed by atoms with Crippen LogP contribution in [0, 0.1) is 18.6 Å². The van der Waals surface area contributed by atoms with Gasteiger partial charge in [0, 0.05) is 24.5 Å². The van der Waals surface area contributed by atoms with Gasteiger partial charge in [-0.25, -0.2) is 18.7 Å². The smallest absolute Gasteiger partial charge is 0.267 e. The second kappa shape index (κ2) is 6.68. The Morgan fingerprint density at radius 1 is 1.28 bits per heavy atom. The average molecular weight is 343 g/mol. The van der Waals surface area contributed by atoms with Gasteiger partial charge in [0.15, 0.2) is 11.6 Å². The number of nitrogen functional groups attached to an aromatic ring is 1.